The van der Waals surface area contributed by atoms with E-state index in [1.165, 1.54) is 11.3 Å². The number of hydrogen-bond acceptors (Lipinski definition) is 3. The first-order chi connectivity index (χ1) is 10.5. The molecule has 0 saturated carbocycles. The molecule has 1 aromatic carbocycles. The first kappa shape index (κ1) is 15.7. The van der Waals surface area contributed by atoms with Gasteiger partial charge in [0.25, 0.3) is 0 Å². The lowest BCUT2D eigenvalue weighted by molar-refractivity contribution is 0.249. The van der Waals surface area contributed by atoms with Crippen LogP contribution in [0, 0.1) is 13.8 Å². The second kappa shape index (κ2) is 6.49. The number of hydrogen-bond donors (Lipinski definition) is 1. The first-order valence-electron chi connectivity index (χ1n) is 7.47. The molecule has 0 bridgehead atoms. The van der Waals surface area contributed by atoms with E-state index in [9.17, 15) is 0 Å². The van der Waals surface area contributed by atoms with E-state index in [0.29, 0.717) is 10.0 Å². The molecule has 3 rings (SSSR count). The van der Waals surface area contributed by atoms with Crippen molar-refractivity contribution in [1.82, 2.24) is 15.1 Å². The standard InChI is InChI=1S/C16H20Cl2N4/c1-11-16(12(2)20-19-11)22-7-5-21(6-8-22)10-13-3-4-14(17)15(18)9-13/h3-4,9H,5-8,10H2,1-2H3,(H,19,20). The Labute approximate surface area is 141 Å². The van der Waals surface area contributed by atoms with E-state index in [1.54, 1.807) is 0 Å². The number of rotatable bonds is 3. The molecule has 1 saturated heterocycles. The predicted molar refractivity (Wildman–Crippen MR) is 92.0 cm³/mol. The summed E-state index contributed by atoms with van der Waals surface area (Å²) in [5, 5.41) is 8.59. The Morgan fingerprint density at radius 1 is 1.09 bits per heavy atom. The monoisotopic (exact) mass is 338 g/mol. The van der Waals surface area contributed by atoms with E-state index in [0.717, 1.165) is 44.1 Å². The largest absolute Gasteiger partial charge is 0.366 e. The van der Waals surface area contributed by atoms with Crippen molar-refractivity contribution in [2.45, 2.75) is 20.4 Å². The number of aromatic nitrogens is 2. The third-order valence-electron chi connectivity index (χ3n) is 4.17. The second-order valence-electron chi connectivity index (χ2n) is 5.79. The van der Waals surface area contributed by atoms with Crippen molar-refractivity contribution in [3.8, 4) is 0 Å². The fraction of sp³-hybridized carbons (Fsp3) is 0.438. The number of nitrogens with zero attached hydrogens (tertiary/aromatic N) is 3. The molecule has 0 unspecified atom stereocenters. The molecule has 118 valence electrons. The molecule has 0 radical (unpaired) electrons. The summed E-state index contributed by atoms with van der Waals surface area (Å²) in [6.45, 7) is 9.14. The highest BCUT2D eigenvalue weighted by Crippen LogP contribution is 2.25. The molecular formula is C16H20Cl2N4. The van der Waals surface area contributed by atoms with Gasteiger partial charge in [0.1, 0.15) is 0 Å². The van der Waals surface area contributed by atoms with Gasteiger partial charge in [-0.1, -0.05) is 29.3 Å². The number of aromatic amines is 1. The number of nitrogens with one attached hydrogen (secondary N) is 1. The Morgan fingerprint density at radius 2 is 1.82 bits per heavy atom. The minimum atomic E-state index is 0.612. The second-order valence-corrected chi connectivity index (χ2v) is 6.61. The van der Waals surface area contributed by atoms with Crippen LogP contribution in [0.1, 0.15) is 17.0 Å². The van der Waals surface area contributed by atoms with E-state index in [1.807, 2.05) is 18.2 Å². The van der Waals surface area contributed by atoms with Crippen LogP contribution in [0.15, 0.2) is 18.2 Å². The summed E-state index contributed by atoms with van der Waals surface area (Å²) in [5.74, 6) is 0. The third kappa shape index (κ3) is 3.24. The molecular weight excluding hydrogens is 319 g/mol. The number of aryl methyl sites for hydroxylation is 2. The zero-order valence-corrected chi connectivity index (χ0v) is 14.4. The van der Waals surface area contributed by atoms with E-state index in [-0.39, 0.29) is 0 Å². The Morgan fingerprint density at radius 3 is 2.41 bits per heavy atom. The lowest BCUT2D eigenvalue weighted by Gasteiger charge is -2.36. The highest BCUT2D eigenvalue weighted by Gasteiger charge is 2.21. The maximum atomic E-state index is 6.09. The van der Waals surface area contributed by atoms with Crippen LogP contribution in [-0.4, -0.2) is 41.3 Å². The molecule has 1 aromatic heterocycles. The lowest BCUT2D eigenvalue weighted by atomic mass is 10.2. The van der Waals surface area contributed by atoms with Crippen molar-refractivity contribution in [3.63, 3.8) is 0 Å². The Balaban J connectivity index is 1.61. The topological polar surface area (TPSA) is 35.2 Å². The summed E-state index contributed by atoms with van der Waals surface area (Å²) in [5.41, 5.74) is 4.69. The van der Waals surface area contributed by atoms with Gasteiger partial charge in [-0.25, -0.2) is 0 Å². The van der Waals surface area contributed by atoms with Crippen LogP contribution < -0.4 is 4.90 Å². The summed E-state index contributed by atoms with van der Waals surface area (Å²) in [6.07, 6.45) is 0. The molecule has 1 aliphatic rings. The van der Waals surface area contributed by atoms with Gasteiger partial charge in [-0.05, 0) is 31.5 Å². The summed E-state index contributed by atoms with van der Waals surface area (Å²) < 4.78 is 0. The number of halogens is 2. The zero-order valence-electron chi connectivity index (χ0n) is 12.9. The third-order valence-corrected chi connectivity index (χ3v) is 4.91. The molecule has 2 heterocycles. The number of piperazine rings is 1. The number of benzene rings is 1. The predicted octanol–water partition coefficient (Wildman–Crippen LogP) is 3.66. The molecule has 1 N–H and O–H groups in total. The van der Waals surface area contributed by atoms with E-state index >= 15 is 0 Å². The molecule has 22 heavy (non-hydrogen) atoms. The maximum Gasteiger partial charge on any atom is 0.0827 e. The molecule has 0 atom stereocenters. The smallest absolute Gasteiger partial charge is 0.0827 e. The van der Waals surface area contributed by atoms with Crippen LogP contribution in [0.4, 0.5) is 5.69 Å². The zero-order chi connectivity index (χ0) is 15.7. The fourth-order valence-electron chi connectivity index (χ4n) is 3.04. The van der Waals surface area contributed by atoms with E-state index in [4.69, 9.17) is 23.2 Å². The van der Waals surface area contributed by atoms with Crippen LogP contribution >= 0.6 is 23.2 Å². The average Bonchev–Trinajstić information content (AvgIpc) is 2.83. The quantitative estimate of drug-likeness (QED) is 0.927. The number of H-pyrrole nitrogens is 1. The van der Waals surface area contributed by atoms with Gasteiger partial charge in [-0.15, -0.1) is 0 Å². The van der Waals surface area contributed by atoms with Crippen LogP contribution in [0.5, 0.6) is 0 Å². The van der Waals surface area contributed by atoms with E-state index < -0.39 is 0 Å². The van der Waals surface area contributed by atoms with Gasteiger partial charge in [0.2, 0.25) is 0 Å². The van der Waals surface area contributed by atoms with Crippen LogP contribution in [0.2, 0.25) is 10.0 Å². The summed E-state index contributed by atoms with van der Waals surface area (Å²) in [6, 6.07) is 5.87. The van der Waals surface area contributed by atoms with Gasteiger partial charge >= 0.3 is 0 Å². The highest BCUT2D eigenvalue weighted by atomic mass is 35.5. The Kier molecular flexibility index (Phi) is 4.62. The summed E-state index contributed by atoms with van der Waals surface area (Å²) >= 11 is 12.1. The average molecular weight is 339 g/mol. The van der Waals surface area contributed by atoms with Crippen molar-refractivity contribution in [3.05, 3.63) is 45.2 Å². The molecule has 6 heteroatoms. The molecule has 1 aliphatic heterocycles. The van der Waals surface area contributed by atoms with Gasteiger partial charge in [0.15, 0.2) is 0 Å². The minimum Gasteiger partial charge on any atom is -0.366 e. The molecule has 0 aliphatic carbocycles. The van der Waals surface area contributed by atoms with Gasteiger partial charge < -0.3 is 4.90 Å². The number of anilines is 1. The van der Waals surface area contributed by atoms with Crippen LogP contribution in [0.25, 0.3) is 0 Å². The van der Waals surface area contributed by atoms with Gasteiger partial charge in [-0.3, -0.25) is 10.00 Å². The Bertz CT molecular complexity index is 641. The summed E-state index contributed by atoms with van der Waals surface area (Å²) in [7, 11) is 0. The molecule has 0 amide bonds. The highest BCUT2D eigenvalue weighted by molar-refractivity contribution is 6.42. The maximum absolute atomic E-state index is 6.09. The van der Waals surface area contributed by atoms with E-state index in [2.05, 4.69) is 33.8 Å². The van der Waals surface area contributed by atoms with Gasteiger partial charge in [0, 0.05) is 32.7 Å². The first-order valence-corrected chi connectivity index (χ1v) is 8.23. The molecule has 0 spiro atoms. The lowest BCUT2D eigenvalue weighted by Crippen LogP contribution is -2.46. The van der Waals surface area contributed by atoms with Crippen molar-refractivity contribution in [1.29, 1.82) is 0 Å². The molecule has 1 fully saturated rings. The van der Waals surface area contributed by atoms with Crippen LogP contribution in [-0.2, 0) is 6.54 Å². The van der Waals surface area contributed by atoms with Gasteiger partial charge in [0.05, 0.1) is 27.1 Å². The minimum absolute atomic E-state index is 0.612. The Hall–Kier alpha value is -1.23. The van der Waals surface area contributed by atoms with Crippen molar-refractivity contribution in [2.75, 3.05) is 31.1 Å². The SMILES string of the molecule is Cc1n[nH]c(C)c1N1CCN(Cc2ccc(Cl)c(Cl)c2)CC1. The van der Waals surface area contributed by atoms with Crippen LogP contribution in [0.3, 0.4) is 0 Å². The van der Waals surface area contributed by atoms with Crippen molar-refractivity contribution < 1.29 is 0 Å². The molecule has 2 aromatic rings. The van der Waals surface area contributed by atoms with Crippen molar-refractivity contribution in [2.24, 2.45) is 0 Å². The normalized spacial score (nSPS) is 16.3. The van der Waals surface area contributed by atoms with Crippen molar-refractivity contribution >= 4 is 28.9 Å². The summed E-state index contributed by atoms with van der Waals surface area (Å²) in [4.78, 5) is 4.86. The van der Waals surface area contributed by atoms with Gasteiger partial charge in [-0.2, -0.15) is 5.10 Å². The molecule has 4 nitrogen and oxygen atoms in total. The fourth-order valence-corrected chi connectivity index (χ4v) is 3.36.